The molecule has 3 nitrogen and oxygen atoms in total. The van der Waals surface area contributed by atoms with E-state index in [0.29, 0.717) is 12.3 Å². The molecule has 80 valence electrons. The minimum atomic E-state index is -2.66. The van der Waals surface area contributed by atoms with Gasteiger partial charge in [0.25, 0.3) is 5.92 Å². The minimum Gasteiger partial charge on any atom is -0.336 e. The molecule has 0 saturated carbocycles. The van der Waals surface area contributed by atoms with Crippen LogP contribution in [0.15, 0.2) is 0 Å². The second kappa shape index (κ2) is 3.46. The first-order valence-electron chi connectivity index (χ1n) is 4.93. The van der Waals surface area contributed by atoms with Crippen LogP contribution < -0.4 is 5.32 Å². The van der Waals surface area contributed by atoms with Crippen molar-refractivity contribution in [1.82, 2.24) is 10.2 Å². The molecule has 0 unspecified atom stereocenters. The number of rotatable bonds is 2. The van der Waals surface area contributed by atoms with Crippen molar-refractivity contribution in [2.45, 2.75) is 18.8 Å². The van der Waals surface area contributed by atoms with Crippen molar-refractivity contribution in [2.75, 3.05) is 26.2 Å². The quantitative estimate of drug-likeness (QED) is 0.709. The van der Waals surface area contributed by atoms with Gasteiger partial charge in [-0.3, -0.25) is 4.79 Å². The first kappa shape index (κ1) is 9.83. The van der Waals surface area contributed by atoms with Gasteiger partial charge < -0.3 is 10.2 Å². The van der Waals surface area contributed by atoms with Gasteiger partial charge in [-0.15, -0.1) is 0 Å². The maximum absolute atomic E-state index is 12.8. The minimum absolute atomic E-state index is 0.117. The van der Waals surface area contributed by atoms with Crippen LogP contribution in [0, 0.1) is 5.92 Å². The maximum atomic E-state index is 12.8. The van der Waals surface area contributed by atoms with Crippen LogP contribution in [-0.2, 0) is 4.79 Å². The Balaban J connectivity index is 1.80. The van der Waals surface area contributed by atoms with Gasteiger partial charge >= 0.3 is 0 Å². The summed E-state index contributed by atoms with van der Waals surface area (Å²) < 4.78 is 25.6. The van der Waals surface area contributed by atoms with Crippen LogP contribution in [0.4, 0.5) is 8.78 Å². The molecule has 5 heteroatoms. The molecule has 0 spiro atoms. The molecule has 14 heavy (non-hydrogen) atoms. The molecule has 0 aliphatic carbocycles. The Bertz CT molecular complexity index is 241. The molecule has 2 rings (SSSR count). The second-order valence-corrected chi connectivity index (χ2v) is 4.15. The Morgan fingerprint density at radius 1 is 1.50 bits per heavy atom. The van der Waals surface area contributed by atoms with Crippen molar-refractivity contribution in [2.24, 2.45) is 5.92 Å². The van der Waals surface area contributed by atoms with Gasteiger partial charge in [0, 0.05) is 19.4 Å². The van der Waals surface area contributed by atoms with Crippen LogP contribution in [-0.4, -0.2) is 42.9 Å². The molecule has 2 aliphatic heterocycles. The molecule has 1 amide bonds. The van der Waals surface area contributed by atoms with E-state index in [9.17, 15) is 13.6 Å². The zero-order chi connectivity index (χ0) is 10.2. The fourth-order valence-electron chi connectivity index (χ4n) is 1.82. The molecule has 0 aromatic carbocycles. The number of amides is 1. The third-order valence-corrected chi connectivity index (χ3v) is 2.85. The topological polar surface area (TPSA) is 32.3 Å². The fraction of sp³-hybridized carbons (Fsp3) is 0.889. The number of hydrogen-bond donors (Lipinski definition) is 1. The van der Waals surface area contributed by atoms with Crippen molar-refractivity contribution >= 4 is 5.91 Å². The van der Waals surface area contributed by atoms with Gasteiger partial charge in [-0.25, -0.2) is 8.78 Å². The van der Waals surface area contributed by atoms with Crippen LogP contribution in [0.1, 0.15) is 12.8 Å². The molecule has 2 heterocycles. The lowest BCUT2D eigenvalue weighted by atomic mass is 9.99. The Kier molecular flexibility index (Phi) is 2.43. The molecule has 0 bridgehead atoms. The first-order chi connectivity index (χ1) is 6.57. The predicted molar refractivity (Wildman–Crippen MR) is 47.1 cm³/mol. The average molecular weight is 204 g/mol. The number of likely N-dealkylation sites (tertiary alicyclic amines) is 1. The average Bonchev–Trinajstić information content (AvgIpc) is 2.38. The molecule has 0 atom stereocenters. The predicted octanol–water partition coefficient (Wildman–Crippen LogP) is 0.464. The summed E-state index contributed by atoms with van der Waals surface area (Å²) in [5.74, 6) is -2.42. The lowest BCUT2D eigenvalue weighted by Gasteiger charge is -2.28. The fourth-order valence-corrected chi connectivity index (χ4v) is 1.82. The van der Waals surface area contributed by atoms with Gasteiger partial charge in [0.15, 0.2) is 0 Å². The Morgan fingerprint density at radius 2 is 2.21 bits per heavy atom. The summed E-state index contributed by atoms with van der Waals surface area (Å²) in [4.78, 5) is 12.8. The molecule has 1 N–H and O–H groups in total. The Hall–Kier alpha value is -0.710. The van der Waals surface area contributed by atoms with Gasteiger partial charge in [0.1, 0.15) is 0 Å². The van der Waals surface area contributed by atoms with E-state index >= 15 is 0 Å². The highest BCUT2D eigenvalue weighted by Crippen LogP contribution is 2.27. The van der Waals surface area contributed by atoms with Crippen LogP contribution in [0.3, 0.4) is 0 Å². The van der Waals surface area contributed by atoms with Gasteiger partial charge in [-0.05, 0) is 19.0 Å². The van der Waals surface area contributed by atoms with E-state index in [1.807, 2.05) is 0 Å². The zero-order valence-electron chi connectivity index (χ0n) is 7.93. The molecular formula is C9H14F2N2O. The van der Waals surface area contributed by atoms with E-state index in [-0.39, 0.29) is 25.4 Å². The smallest absolute Gasteiger partial charge is 0.267 e. The number of carbonyl (C=O) groups is 1. The van der Waals surface area contributed by atoms with E-state index in [4.69, 9.17) is 0 Å². The van der Waals surface area contributed by atoms with Gasteiger partial charge in [0.05, 0.1) is 6.54 Å². The molecule has 2 saturated heterocycles. The number of halogens is 2. The third kappa shape index (κ3) is 2.03. The number of nitrogens with one attached hydrogen (secondary N) is 1. The highest BCUT2D eigenvalue weighted by molar-refractivity contribution is 5.77. The largest absolute Gasteiger partial charge is 0.336 e. The molecule has 0 aromatic rings. The normalized spacial score (nSPS) is 26.3. The highest BCUT2D eigenvalue weighted by atomic mass is 19.3. The van der Waals surface area contributed by atoms with Gasteiger partial charge in [0.2, 0.25) is 5.91 Å². The second-order valence-electron chi connectivity index (χ2n) is 4.15. The van der Waals surface area contributed by atoms with Crippen molar-refractivity contribution in [3.63, 3.8) is 0 Å². The summed E-state index contributed by atoms with van der Waals surface area (Å²) >= 11 is 0. The van der Waals surface area contributed by atoms with E-state index in [1.165, 1.54) is 4.90 Å². The molecule has 2 aliphatic rings. The number of alkyl halides is 2. The van der Waals surface area contributed by atoms with E-state index < -0.39 is 5.92 Å². The summed E-state index contributed by atoms with van der Waals surface area (Å²) in [6.45, 7) is 1.52. The number of nitrogens with zero attached hydrogens (tertiary/aromatic N) is 1. The van der Waals surface area contributed by atoms with Crippen LogP contribution in [0.2, 0.25) is 0 Å². The number of carbonyl (C=O) groups excluding carboxylic acids is 1. The zero-order valence-corrected chi connectivity index (χ0v) is 7.93. The Morgan fingerprint density at radius 3 is 2.64 bits per heavy atom. The van der Waals surface area contributed by atoms with Crippen molar-refractivity contribution in [3.05, 3.63) is 0 Å². The standard InChI is InChI=1S/C9H14F2N2O/c10-9(11)1-2-13(6-9)8(14)3-7-4-12-5-7/h7,12H,1-6H2. The molecule has 2 fully saturated rings. The highest BCUT2D eigenvalue weighted by Gasteiger charge is 2.40. The Labute approximate surface area is 81.4 Å². The first-order valence-corrected chi connectivity index (χ1v) is 4.93. The van der Waals surface area contributed by atoms with Gasteiger partial charge in [-0.2, -0.15) is 0 Å². The van der Waals surface area contributed by atoms with Crippen LogP contribution in [0.5, 0.6) is 0 Å². The van der Waals surface area contributed by atoms with E-state index in [1.54, 1.807) is 0 Å². The monoisotopic (exact) mass is 204 g/mol. The van der Waals surface area contributed by atoms with E-state index in [2.05, 4.69) is 5.32 Å². The lowest BCUT2D eigenvalue weighted by molar-refractivity contribution is -0.133. The maximum Gasteiger partial charge on any atom is 0.267 e. The van der Waals surface area contributed by atoms with Crippen molar-refractivity contribution in [1.29, 1.82) is 0 Å². The molecule has 0 aromatic heterocycles. The van der Waals surface area contributed by atoms with Crippen molar-refractivity contribution < 1.29 is 13.6 Å². The summed E-state index contributed by atoms with van der Waals surface area (Å²) in [7, 11) is 0. The van der Waals surface area contributed by atoms with Crippen molar-refractivity contribution in [3.8, 4) is 0 Å². The summed E-state index contributed by atoms with van der Waals surface area (Å²) in [6.07, 6.45) is 0.241. The number of hydrogen-bond acceptors (Lipinski definition) is 2. The van der Waals surface area contributed by atoms with Gasteiger partial charge in [-0.1, -0.05) is 0 Å². The summed E-state index contributed by atoms with van der Waals surface area (Å²) in [6, 6.07) is 0. The summed E-state index contributed by atoms with van der Waals surface area (Å²) in [5, 5.41) is 3.05. The summed E-state index contributed by atoms with van der Waals surface area (Å²) in [5.41, 5.74) is 0. The van der Waals surface area contributed by atoms with Crippen LogP contribution >= 0.6 is 0 Å². The SMILES string of the molecule is O=C(CC1CNC1)N1CCC(F)(F)C1. The lowest BCUT2D eigenvalue weighted by Crippen LogP contribution is -2.45. The van der Waals surface area contributed by atoms with E-state index in [0.717, 1.165) is 13.1 Å². The van der Waals surface area contributed by atoms with Crippen LogP contribution in [0.25, 0.3) is 0 Å². The molecule has 0 radical (unpaired) electrons. The third-order valence-electron chi connectivity index (χ3n) is 2.85. The molecular weight excluding hydrogens is 190 g/mol.